The van der Waals surface area contributed by atoms with Crippen molar-refractivity contribution in [2.75, 3.05) is 18.4 Å². The van der Waals surface area contributed by atoms with Gasteiger partial charge >= 0.3 is 0 Å². The summed E-state index contributed by atoms with van der Waals surface area (Å²) >= 11 is 0. The molecule has 0 saturated heterocycles. The van der Waals surface area contributed by atoms with Gasteiger partial charge in [-0.05, 0) is 62.7 Å². The van der Waals surface area contributed by atoms with E-state index in [2.05, 4.69) is 35.8 Å². The molecule has 3 N–H and O–H groups in total. The summed E-state index contributed by atoms with van der Waals surface area (Å²) < 4.78 is 29.3. The summed E-state index contributed by atoms with van der Waals surface area (Å²) in [6.07, 6.45) is 3.69. The summed E-state index contributed by atoms with van der Waals surface area (Å²) in [6.45, 7) is 6.80. The molecule has 0 radical (unpaired) electrons. The molecule has 4 rings (SSSR count). The lowest BCUT2D eigenvalue weighted by Crippen LogP contribution is -2.29. The Morgan fingerprint density at radius 3 is 2.43 bits per heavy atom. The molecule has 0 aliphatic heterocycles. The highest BCUT2D eigenvalue weighted by Crippen LogP contribution is 2.34. The van der Waals surface area contributed by atoms with Crippen LogP contribution in [0.15, 0.2) is 84.0 Å². The summed E-state index contributed by atoms with van der Waals surface area (Å²) in [6, 6.07) is 19.1. The maximum atomic E-state index is 12.4. The number of aromatic hydroxyl groups is 1. The SMILES string of the molecule is CC(C)(C)n1cc(-c2ccnc(NCCNS(=O)(=O)c3ccccc3)c2)c(-c2cccc(O)c2)n1. The fourth-order valence-electron chi connectivity index (χ4n) is 3.55. The summed E-state index contributed by atoms with van der Waals surface area (Å²) in [7, 11) is -3.56. The molecule has 0 amide bonds. The third-order valence-corrected chi connectivity index (χ3v) is 6.85. The Labute approximate surface area is 205 Å². The van der Waals surface area contributed by atoms with E-state index >= 15 is 0 Å². The second kappa shape index (κ2) is 9.89. The van der Waals surface area contributed by atoms with E-state index < -0.39 is 10.0 Å². The zero-order chi connectivity index (χ0) is 25.1. The second-order valence-corrected chi connectivity index (χ2v) is 10.9. The Bertz CT molecular complexity index is 1410. The van der Waals surface area contributed by atoms with Gasteiger partial charge in [0.25, 0.3) is 0 Å². The van der Waals surface area contributed by atoms with Crippen molar-refractivity contribution in [3.05, 3.63) is 79.1 Å². The fourth-order valence-corrected chi connectivity index (χ4v) is 4.60. The normalized spacial score (nSPS) is 12.0. The Kier molecular flexibility index (Phi) is 6.90. The van der Waals surface area contributed by atoms with Crippen molar-refractivity contribution in [1.82, 2.24) is 19.5 Å². The number of sulfonamides is 1. The molecular formula is C26H29N5O3S. The van der Waals surface area contributed by atoms with E-state index in [4.69, 9.17) is 5.10 Å². The smallest absolute Gasteiger partial charge is 0.240 e. The zero-order valence-corrected chi connectivity index (χ0v) is 20.7. The standard InChI is InChI=1S/C26H29N5O3S/c1-26(2,3)31-18-23(25(30-31)20-8-7-9-21(32)16-20)19-12-13-27-24(17-19)28-14-15-29-35(33,34)22-10-5-4-6-11-22/h4-13,16-18,29,32H,14-15H2,1-3H3,(H,27,28). The van der Waals surface area contributed by atoms with Crippen molar-refractivity contribution in [1.29, 1.82) is 0 Å². The van der Waals surface area contributed by atoms with Gasteiger partial charge in [0, 0.05) is 36.6 Å². The summed E-state index contributed by atoms with van der Waals surface area (Å²) in [5.41, 5.74) is 3.14. The van der Waals surface area contributed by atoms with Crippen LogP contribution in [0, 0.1) is 0 Å². The van der Waals surface area contributed by atoms with Gasteiger partial charge in [-0.1, -0.05) is 30.3 Å². The van der Waals surface area contributed by atoms with Crippen LogP contribution in [0.25, 0.3) is 22.4 Å². The molecule has 0 spiro atoms. The number of hydrogen-bond donors (Lipinski definition) is 3. The number of phenols is 1. The Morgan fingerprint density at radius 1 is 0.943 bits per heavy atom. The van der Waals surface area contributed by atoms with Crippen LogP contribution in [0.3, 0.4) is 0 Å². The Morgan fingerprint density at radius 2 is 1.71 bits per heavy atom. The van der Waals surface area contributed by atoms with Gasteiger partial charge < -0.3 is 10.4 Å². The van der Waals surface area contributed by atoms with Gasteiger partial charge in [0.15, 0.2) is 0 Å². The van der Waals surface area contributed by atoms with Crippen LogP contribution >= 0.6 is 0 Å². The average molecular weight is 492 g/mol. The molecule has 0 bridgehead atoms. The second-order valence-electron chi connectivity index (χ2n) is 9.12. The minimum atomic E-state index is -3.56. The molecule has 0 atom stereocenters. The van der Waals surface area contributed by atoms with Gasteiger partial charge in [-0.15, -0.1) is 0 Å². The van der Waals surface area contributed by atoms with E-state index in [1.54, 1.807) is 54.7 Å². The monoisotopic (exact) mass is 491 g/mol. The number of rotatable bonds is 8. The van der Waals surface area contributed by atoms with Gasteiger partial charge in [-0.25, -0.2) is 18.1 Å². The van der Waals surface area contributed by atoms with Crippen LogP contribution in [-0.4, -0.2) is 41.4 Å². The van der Waals surface area contributed by atoms with Crippen LogP contribution in [-0.2, 0) is 15.6 Å². The maximum Gasteiger partial charge on any atom is 0.240 e. The van der Waals surface area contributed by atoms with Crippen molar-refractivity contribution in [3.63, 3.8) is 0 Å². The molecule has 0 aliphatic carbocycles. The first kappa shape index (κ1) is 24.4. The number of phenolic OH excluding ortho intramolecular Hbond substituents is 1. The molecular weight excluding hydrogens is 462 g/mol. The first-order valence-corrected chi connectivity index (χ1v) is 12.8. The third kappa shape index (κ3) is 5.87. The first-order valence-electron chi connectivity index (χ1n) is 11.3. The Hall–Kier alpha value is -3.69. The number of pyridine rings is 1. The molecule has 2 aromatic carbocycles. The number of nitrogens with zero attached hydrogens (tertiary/aromatic N) is 3. The molecule has 182 valence electrons. The molecule has 4 aromatic rings. The average Bonchev–Trinajstić information content (AvgIpc) is 3.29. The highest BCUT2D eigenvalue weighted by atomic mass is 32.2. The lowest BCUT2D eigenvalue weighted by atomic mass is 10.0. The van der Waals surface area contributed by atoms with Crippen LogP contribution in [0.1, 0.15) is 20.8 Å². The molecule has 2 heterocycles. The molecule has 9 heteroatoms. The predicted octanol–water partition coefficient (Wildman–Crippen LogP) is 4.46. The first-order chi connectivity index (χ1) is 16.6. The van der Waals surface area contributed by atoms with Gasteiger partial charge in [-0.2, -0.15) is 5.10 Å². The van der Waals surface area contributed by atoms with E-state index in [0.29, 0.717) is 12.4 Å². The maximum absolute atomic E-state index is 12.4. The van der Waals surface area contributed by atoms with Crippen LogP contribution in [0.4, 0.5) is 5.82 Å². The molecule has 0 fully saturated rings. The van der Waals surface area contributed by atoms with E-state index in [1.165, 1.54) is 0 Å². The zero-order valence-electron chi connectivity index (χ0n) is 19.9. The van der Waals surface area contributed by atoms with Gasteiger partial charge in [0.2, 0.25) is 10.0 Å². The van der Waals surface area contributed by atoms with Crippen LogP contribution in [0.2, 0.25) is 0 Å². The van der Waals surface area contributed by atoms with Crippen LogP contribution in [0.5, 0.6) is 5.75 Å². The minimum absolute atomic E-state index is 0.175. The van der Waals surface area contributed by atoms with E-state index in [1.807, 2.05) is 29.1 Å². The molecule has 8 nitrogen and oxygen atoms in total. The molecule has 0 unspecified atom stereocenters. The largest absolute Gasteiger partial charge is 0.508 e. The topological polar surface area (TPSA) is 109 Å². The summed E-state index contributed by atoms with van der Waals surface area (Å²) in [5.74, 6) is 0.792. The van der Waals surface area contributed by atoms with Gasteiger partial charge in [0.1, 0.15) is 17.3 Å². The summed E-state index contributed by atoms with van der Waals surface area (Å²) in [5, 5.41) is 18.0. The number of nitrogens with one attached hydrogen (secondary N) is 2. The van der Waals surface area contributed by atoms with Crippen molar-refractivity contribution in [3.8, 4) is 28.1 Å². The Balaban J connectivity index is 1.53. The highest BCUT2D eigenvalue weighted by Gasteiger charge is 2.20. The number of benzene rings is 2. The molecule has 2 aromatic heterocycles. The van der Waals surface area contributed by atoms with Crippen molar-refractivity contribution < 1.29 is 13.5 Å². The number of anilines is 1. The van der Waals surface area contributed by atoms with Crippen molar-refractivity contribution >= 4 is 15.8 Å². The van der Waals surface area contributed by atoms with Gasteiger partial charge in [-0.3, -0.25) is 4.68 Å². The van der Waals surface area contributed by atoms with Crippen LogP contribution < -0.4 is 10.0 Å². The third-order valence-electron chi connectivity index (χ3n) is 5.37. The summed E-state index contributed by atoms with van der Waals surface area (Å²) in [4.78, 5) is 4.61. The van der Waals surface area contributed by atoms with Gasteiger partial charge in [0.05, 0.1) is 10.4 Å². The lowest BCUT2D eigenvalue weighted by Gasteiger charge is -2.18. The minimum Gasteiger partial charge on any atom is -0.508 e. The molecule has 35 heavy (non-hydrogen) atoms. The van der Waals surface area contributed by atoms with Crippen molar-refractivity contribution in [2.45, 2.75) is 31.2 Å². The predicted molar refractivity (Wildman–Crippen MR) is 138 cm³/mol. The van der Waals surface area contributed by atoms with Crippen molar-refractivity contribution in [2.24, 2.45) is 0 Å². The molecule has 0 saturated carbocycles. The lowest BCUT2D eigenvalue weighted by molar-refractivity contribution is 0.356. The number of aromatic nitrogens is 3. The van der Waals surface area contributed by atoms with E-state index in [0.717, 1.165) is 22.4 Å². The quantitative estimate of drug-likeness (QED) is 0.314. The highest BCUT2D eigenvalue weighted by molar-refractivity contribution is 7.89. The fraction of sp³-hybridized carbons (Fsp3) is 0.231. The van der Waals surface area contributed by atoms with E-state index in [-0.39, 0.29) is 22.7 Å². The molecule has 0 aliphatic rings. The van der Waals surface area contributed by atoms with E-state index in [9.17, 15) is 13.5 Å². The number of hydrogen-bond acceptors (Lipinski definition) is 6.